The molecule has 0 aliphatic carbocycles. The summed E-state index contributed by atoms with van der Waals surface area (Å²) in [5.74, 6) is 0.167. The van der Waals surface area contributed by atoms with Crippen molar-refractivity contribution in [2.75, 3.05) is 0 Å². The number of fused-ring (bicyclic) bond motifs is 1. The number of oxime groups is 1. The molecule has 2 rings (SSSR count). The number of aromatic nitrogens is 3. The first-order chi connectivity index (χ1) is 7.20. The number of amidine groups is 1. The van der Waals surface area contributed by atoms with Crippen molar-refractivity contribution in [1.29, 1.82) is 0 Å². The number of aryl methyl sites for hydroxylation is 1. The Morgan fingerprint density at radius 3 is 3.13 bits per heavy atom. The second kappa shape index (κ2) is 3.56. The summed E-state index contributed by atoms with van der Waals surface area (Å²) in [7, 11) is 1.83. The van der Waals surface area contributed by atoms with Gasteiger partial charge in [-0.1, -0.05) is 5.16 Å². The molecule has 0 atom stereocenters. The minimum absolute atomic E-state index is 0.167. The van der Waals surface area contributed by atoms with E-state index < -0.39 is 0 Å². The van der Waals surface area contributed by atoms with Crippen molar-refractivity contribution in [2.45, 2.75) is 6.42 Å². The lowest BCUT2D eigenvalue weighted by atomic mass is 10.2. The summed E-state index contributed by atoms with van der Waals surface area (Å²) >= 11 is 0. The molecule has 6 nitrogen and oxygen atoms in total. The number of hydrogen-bond donors (Lipinski definition) is 2. The average molecular weight is 205 g/mol. The van der Waals surface area contributed by atoms with Gasteiger partial charge in [0.25, 0.3) is 0 Å². The van der Waals surface area contributed by atoms with E-state index in [1.54, 1.807) is 17.1 Å². The average Bonchev–Trinajstić information content (AvgIpc) is 2.60. The van der Waals surface area contributed by atoms with E-state index in [-0.39, 0.29) is 5.84 Å². The van der Waals surface area contributed by atoms with E-state index in [2.05, 4.69) is 15.2 Å². The van der Waals surface area contributed by atoms with Crippen LogP contribution in [-0.4, -0.2) is 25.8 Å². The fourth-order valence-corrected chi connectivity index (χ4v) is 1.43. The largest absolute Gasteiger partial charge is 0.409 e. The van der Waals surface area contributed by atoms with Gasteiger partial charge in [-0.3, -0.25) is 4.68 Å². The molecule has 0 saturated heterocycles. The van der Waals surface area contributed by atoms with Gasteiger partial charge in [0, 0.05) is 25.1 Å². The lowest BCUT2D eigenvalue weighted by Crippen LogP contribution is -2.14. The van der Waals surface area contributed by atoms with Crippen LogP contribution in [-0.2, 0) is 13.5 Å². The van der Waals surface area contributed by atoms with Gasteiger partial charge in [-0.05, 0) is 11.6 Å². The van der Waals surface area contributed by atoms with Crippen LogP contribution >= 0.6 is 0 Å². The molecule has 0 spiro atoms. The van der Waals surface area contributed by atoms with E-state index in [9.17, 15) is 0 Å². The monoisotopic (exact) mass is 205 g/mol. The molecule has 0 bridgehead atoms. The predicted molar refractivity (Wildman–Crippen MR) is 55.6 cm³/mol. The molecule has 0 radical (unpaired) electrons. The van der Waals surface area contributed by atoms with Crippen LogP contribution in [0.5, 0.6) is 0 Å². The van der Waals surface area contributed by atoms with E-state index in [0.29, 0.717) is 6.42 Å². The highest BCUT2D eigenvalue weighted by molar-refractivity contribution is 5.83. The number of rotatable bonds is 2. The van der Waals surface area contributed by atoms with Crippen molar-refractivity contribution in [3.63, 3.8) is 0 Å². The second-order valence-electron chi connectivity index (χ2n) is 3.29. The number of hydrogen-bond acceptors (Lipinski definition) is 4. The predicted octanol–water partition coefficient (Wildman–Crippen LogP) is 0.257. The fourth-order valence-electron chi connectivity index (χ4n) is 1.43. The van der Waals surface area contributed by atoms with Crippen LogP contribution in [0.1, 0.15) is 5.56 Å². The number of nitrogens with two attached hydrogens (primary N) is 1. The molecule has 0 unspecified atom stereocenters. The maximum atomic E-state index is 8.44. The van der Waals surface area contributed by atoms with E-state index in [0.717, 1.165) is 16.6 Å². The minimum atomic E-state index is 0.167. The molecule has 0 fully saturated rings. The summed E-state index contributed by atoms with van der Waals surface area (Å²) in [5, 5.41) is 16.4. The fraction of sp³-hybridized carbons (Fsp3) is 0.222. The van der Waals surface area contributed by atoms with E-state index in [4.69, 9.17) is 10.9 Å². The molecule has 0 aromatic carbocycles. The molecule has 0 aliphatic heterocycles. The van der Waals surface area contributed by atoms with Crippen LogP contribution in [0.25, 0.3) is 11.0 Å². The van der Waals surface area contributed by atoms with Crippen LogP contribution in [0, 0.1) is 0 Å². The van der Waals surface area contributed by atoms with Crippen molar-refractivity contribution >= 4 is 16.9 Å². The van der Waals surface area contributed by atoms with Crippen LogP contribution in [0.4, 0.5) is 0 Å². The van der Waals surface area contributed by atoms with E-state index in [1.807, 2.05) is 13.1 Å². The summed E-state index contributed by atoms with van der Waals surface area (Å²) in [4.78, 5) is 4.24. The van der Waals surface area contributed by atoms with Crippen molar-refractivity contribution in [3.8, 4) is 0 Å². The van der Waals surface area contributed by atoms with Gasteiger partial charge in [0.2, 0.25) is 0 Å². The van der Waals surface area contributed by atoms with Gasteiger partial charge in [0.15, 0.2) is 5.65 Å². The minimum Gasteiger partial charge on any atom is -0.409 e. The molecular weight excluding hydrogens is 194 g/mol. The Hall–Kier alpha value is -2.11. The molecule has 0 amide bonds. The van der Waals surface area contributed by atoms with Gasteiger partial charge in [0.1, 0.15) is 5.84 Å². The summed E-state index contributed by atoms with van der Waals surface area (Å²) in [6, 6.07) is 1.92. The molecule has 6 heteroatoms. The molecule has 3 N–H and O–H groups in total. The number of nitrogens with zero attached hydrogens (tertiary/aromatic N) is 4. The van der Waals surface area contributed by atoms with Crippen molar-refractivity contribution in [1.82, 2.24) is 14.8 Å². The van der Waals surface area contributed by atoms with Gasteiger partial charge >= 0.3 is 0 Å². The Bertz CT molecular complexity index is 516. The summed E-state index contributed by atoms with van der Waals surface area (Å²) in [5.41, 5.74) is 7.12. The molecular formula is C9H11N5O. The van der Waals surface area contributed by atoms with E-state index in [1.165, 1.54) is 0 Å². The number of pyridine rings is 1. The zero-order valence-electron chi connectivity index (χ0n) is 8.25. The van der Waals surface area contributed by atoms with Crippen molar-refractivity contribution < 1.29 is 5.21 Å². The van der Waals surface area contributed by atoms with Crippen LogP contribution in [0.2, 0.25) is 0 Å². The third-order valence-electron chi connectivity index (χ3n) is 2.14. The van der Waals surface area contributed by atoms with Gasteiger partial charge in [0.05, 0.1) is 6.20 Å². The highest BCUT2D eigenvalue weighted by atomic mass is 16.4. The van der Waals surface area contributed by atoms with Gasteiger partial charge in [-0.25, -0.2) is 4.98 Å². The van der Waals surface area contributed by atoms with Crippen LogP contribution in [0.3, 0.4) is 0 Å². The standard InChI is InChI=1S/C9H11N5O/c1-14-9-7(5-12-14)2-6(4-11-9)3-8(10)13-15/h2,4-5,15H,3H2,1H3,(H2,10,13). The zero-order chi connectivity index (χ0) is 10.8. The second-order valence-corrected chi connectivity index (χ2v) is 3.29. The molecule has 0 saturated carbocycles. The maximum Gasteiger partial charge on any atom is 0.157 e. The molecule has 0 aliphatic rings. The van der Waals surface area contributed by atoms with Gasteiger partial charge in [-0.2, -0.15) is 5.10 Å². The summed E-state index contributed by atoms with van der Waals surface area (Å²) in [6.07, 6.45) is 3.81. The molecule has 2 aromatic heterocycles. The zero-order valence-corrected chi connectivity index (χ0v) is 8.25. The maximum absolute atomic E-state index is 8.44. The summed E-state index contributed by atoms with van der Waals surface area (Å²) in [6.45, 7) is 0. The van der Waals surface area contributed by atoms with Gasteiger partial charge < -0.3 is 10.9 Å². The van der Waals surface area contributed by atoms with Gasteiger partial charge in [-0.15, -0.1) is 0 Å². The lowest BCUT2D eigenvalue weighted by Gasteiger charge is -1.99. The Balaban J connectivity index is 2.39. The Morgan fingerprint density at radius 2 is 2.40 bits per heavy atom. The first kappa shape index (κ1) is 9.45. The van der Waals surface area contributed by atoms with Crippen molar-refractivity contribution in [2.24, 2.45) is 17.9 Å². The quantitative estimate of drug-likeness (QED) is 0.318. The normalized spacial score (nSPS) is 12.2. The third kappa shape index (κ3) is 1.74. The SMILES string of the molecule is Cn1ncc2cc(C/C(N)=N/O)cnc21. The third-order valence-corrected chi connectivity index (χ3v) is 2.14. The summed E-state index contributed by atoms with van der Waals surface area (Å²) < 4.78 is 1.70. The first-order valence-corrected chi connectivity index (χ1v) is 4.43. The Morgan fingerprint density at radius 1 is 1.60 bits per heavy atom. The molecule has 78 valence electrons. The molecule has 2 heterocycles. The lowest BCUT2D eigenvalue weighted by molar-refractivity contribution is 0.317. The van der Waals surface area contributed by atoms with Crippen LogP contribution < -0.4 is 5.73 Å². The van der Waals surface area contributed by atoms with E-state index >= 15 is 0 Å². The highest BCUT2D eigenvalue weighted by Gasteiger charge is 2.03. The Labute approximate surface area is 86.0 Å². The van der Waals surface area contributed by atoms with Crippen LogP contribution in [0.15, 0.2) is 23.6 Å². The molecule has 2 aromatic rings. The first-order valence-electron chi connectivity index (χ1n) is 4.43. The Kier molecular flexibility index (Phi) is 2.24. The highest BCUT2D eigenvalue weighted by Crippen LogP contribution is 2.11. The topological polar surface area (TPSA) is 89.3 Å². The molecule has 15 heavy (non-hydrogen) atoms. The van der Waals surface area contributed by atoms with Crippen molar-refractivity contribution in [3.05, 3.63) is 24.0 Å². The smallest absolute Gasteiger partial charge is 0.157 e.